The van der Waals surface area contributed by atoms with E-state index in [2.05, 4.69) is 6.08 Å². The Bertz CT molecular complexity index is 1680. The third-order valence-corrected chi connectivity index (χ3v) is 10.8. The van der Waals surface area contributed by atoms with Crippen LogP contribution >= 0.6 is 0 Å². The number of benzene rings is 1. The summed E-state index contributed by atoms with van der Waals surface area (Å²) < 4.78 is 25.7. The van der Waals surface area contributed by atoms with E-state index in [4.69, 9.17) is 18.9 Å². The second-order valence-electron chi connectivity index (χ2n) is 15.1. The normalized spacial score (nSPS) is 32.7. The molecule has 9 nitrogen and oxygen atoms in total. The molecule has 47 heavy (non-hydrogen) atoms. The van der Waals surface area contributed by atoms with Crippen LogP contribution in [0.1, 0.15) is 115 Å². The second kappa shape index (κ2) is 11.2. The van der Waals surface area contributed by atoms with Crippen molar-refractivity contribution in [3.05, 3.63) is 63.5 Å². The molecule has 3 heterocycles. The van der Waals surface area contributed by atoms with Crippen LogP contribution in [0, 0.1) is 11.8 Å². The molecule has 1 aromatic carbocycles. The largest absolute Gasteiger partial charge is 0.506 e. The summed E-state index contributed by atoms with van der Waals surface area (Å²) in [6.45, 7) is 15.7. The Morgan fingerprint density at radius 2 is 1.72 bits per heavy atom. The number of Topliss-reactive ketones (excluding diaryl/α,β-unsaturated/α-hetero) is 2. The van der Waals surface area contributed by atoms with E-state index >= 15 is 0 Å². The van der Waals surface area contributed by atoms with Gasteiger partial charge in [0, 0.05) is 35.8 Å². The number of ketones is 2. The Hall–Kier alpha value is -3.69. The summed E-state index contributed by atoms with van der Waals surface area (Å²) in [7, 11) is 0. The van der Waals surface area contributed by atoms with Gasteiger partial charge in [0.05, 0.1) is 17.3 Å². The van der Waals surface area contributed by atoms with Crippen LogP contribution in [0.25, 0.3) is 0 Å². The van der Waals surface area contributed by atoms with Crippen molar-refractivity contribution in [3.63, 3.8) is 0 Å². The van der Waals surface area contributed by atoms with E-state index in [1.54, 1.807) is 19.1 Å². The summed E-state index contributed by atoms with van der Waals surface area (Å²) in [6.07, 6.45) is 8.73. The molecular weight excluding hydrogens is 600 g/mol. The van der Waals surface area contributed by atoms with Gasteiger partial charge in [-0.25, -0.2) is 0 Å². The number of aliphatic hydroxyl groups is 1. The van der Waals surface area contributed by atoms with Gasteiger partial charge in [0.1, 0.15) is 34.2 Å². The number of phenols is 1. The zero-order valence-corrected chi connectivity index (χ0v) is 28.6. The molecule has 0 aromatic heterocycles. The number of fused-ring (bicyclic) bond motifs is 2. The van der Waals surface area contributed by atoms with Crippen molar-refractivity contribution >= 4 is 18.0 Å². The first kappa shape index (κ1) is 33.2. The highest BCUT2D eigenvalue weighted by molar-refractivity contribution is 6.18. The highest BCUT2D eigenvalue weighted by Gasteiger charge is 2.81. The van der Waals surface area contributed by atoms with Gasteiger partial charge in [-0.2, -0.15) is 0 Å². The summed E-state index contributed by atoms with van der Waals surface area (Å²) in [5.74, 6) is -1.23. The smallest absolute Gasteiger partial charge is 0.298 e. The molecule has 3 aliphatic heterocycles. The molecule has 2 N–H and O–H groups in total. The molecular formula is C38H46O9. The summed E-state index contributed by atoms with van der Waals surface area (Å²) >= 11 is 0. The lowest BCUT2D eigenvalue weighted by Gasteiger charge is -2.56. The minimum atomic E-state index is -1.59. The van der Waals surface area contributed by atoms with Crippen molar-refractivity contribution < 1.29 is 43.5 Å². The van der Waals surface area contributed by atoms with Gasteiger partial charge in [0.25, 0.3) is 6.47 Å². The van der Waals surface area contributed by atoms with Gasteiger partial charge in [-0.3, -0.25) is 14.4 Å². The van der Waals surface area contributed by atoms with Crippen molar-refractivity contribution in [1.82, 2.24) is 0 Å². The molecule has 1 saturated carbocycles. The maximum absolute atomic E-state index is 14.8. The van der Waals surface area contributed by atoms with Gasteiger partial charge in [-0.05, 0) is 87.1 Å². The highest BCUT2D eigenvalue weighted by Crippen LogP contribution is 2.69. The number of aliphatic hydroxyl groups excluding tert-OH is 1. The van der Waals surface area contributed by atoms with Crippen LogP contribution in [0.15, 0.2) is 46.8 Å². The highest BCUT2D eigenvalue weighted by atomic mass is 16.6. The lowest BCUT2D eigenvalue weighted by atomic mass is 9.51. The maximum atomic E-state index is 14.8. The van der Waals surface area contributed by atoms with E-state index in [9.17, 15) is 24.6 Å². The van der Waals surface area contributed by atoms with Gasteiger partial charge >= 0.3 is 0 Å². The van der Waals surface area contributed by atoms with Crippen LogP contribution in [0.5, 0.6) is 17.2 Å². The third kappa shape index (κ3) is 4.83. The lowest BCUT2D eigenvalue weighted by Crippen LogP contribution is -2.72. The van der Waals surface area contributed by atoms with Crippen molar-refractivity contribution in [2.45, 2.75) is 122 Å². The number of hydrogen-bond acceptors (Lipinski definition) is 9. The number of aromatic hydroxyl groups is 1. The molecule has 2 unspecified atom stereocenters. The first-order valence-corrected chi connectivity index (χ1v) is 16.5. The fourth-order valence-corrected chi connectivity index (χ4v) is 8.66. The number of ether oxygens (including phenoxy) is 4. The fourth-order valence-electron chi connectivity index (χ4n) is 8.66. The molecule has 9 heteroatoms. The Kier molecular flexibility index (Phi) is 7.91. The molecule has 1 aromatic rings. The Morgan fingerprint density at radius 1 is 1.02 bits per heavy atom. The minimum absolute atomic E-state index is 0.0137. The number of carbonyl (C=O) groups excluding carboxylic acids is 3. The Morgan fingerprint density at radius 3 is 2.38 bits per heavy atom. The predicted molar refractivity (Wildman–Crippen MR) is 174 cm³/mol. The first-order valence-electron chi connectivity index (χ1n) is 16.5. The van der Waals surface area contributed by atoms with Crippen LogP contribution in [-0.4, -0.2) is 50.7 Å². The lowest BCUT2D eigenvalue weighted by molar-refractivity contribution is -0.171. The van der Waals surface area contributed by atoms with E-state index < -0.39 is 40.2 Å². The monoisotopic (exact) mass is 646 g/mol. The van der Waals surface area contributed by atoms with Gasteiger partial charge < -0.3 is 29.2 Å². The summed E-state index contributed by atoms with van der Waals surface area (Å²) in [4.78, 5) is 40.2. The van der Waals surface area contributed by atoms with E-state index in [1.807, 2.05) is 54.5 Å². The average Bonchev–Trinajstić information content (AvgIpc) is 3.12. The molecule has 7 rings (SSSR count). The van der Waals surface area contributed by atoms with Crippen molar-refractivity contribution in [1.29, 1.82) is 0 Å². The molecule has 6 aliphatic rings. The number of carbonyl (C=O) groups is 3. The predicted octanol–water partition coefficient (Wildman–Crippen LogP) is 6.70. The van der Waals surface area contributed by atoms with Gasteiger partial charge in [0.2, 0.25) is 0 Å². The molecule has 1 saturated heterocycles. The number of rotatable bonds is 9. The van der Waals surface area contributed by atoms with Crippen LogP contribution in [-0.2, 0) is 25.5 Å². The van der Waals surface area contributed by atoms with E-state index in [-0.39, 0.29) is 52.7 Å². The van der Waals surface area contributed by atoms with E-state index in [1.165, 1.54) is 5.57 Å². The fraction of sp³-hybridized carbons (Fsp3) is 0.553. The minimum Gasteiger partial charge on any atom is -0.506 e. The summed E-state index contributed by atoms with van der Waals surface area (Å²) in [5.41, 5.74) is -1.54. The topological polar surface area (TPSA) is 129 Å². The molecule has 0 amide bonds. The number of hydrogen-bond donors (Lipinski definition) is 2. The molecule has 2 fully saturated rings. The average molecular weight is 647 g/mol. The number of allylic oxidation sites excluding steroid dienone is 6. The number of phenolic OH excluding ortho intramolecular Hbond substituents is 1. The van der Waals surface area contributed by atoms with Gasteiger partial charge in [-0.15, -0.1) is 0 Å². The molecule has 6 atom stereocenters. The summed E-state index contributed by atoms with van der Waals surface area (Å²) in [6, 6.07) is 0. The van der Waals surface area contributed by atoms with E-state index in [0.29, 0.717) is 42.8 Å². The van der Waals surface area contributed by atoms with Gasteiger partial charge in [-0.1, -0.05) is 29.4 Å². The zero-order valence-electron chi connectivity index (χ0n) is 28.6. The SMILES string of the molecule is CC(C)=CCC[C@]1(C)C[C@H](O)c2c(O)c3c(c(CC=C(C)C)c2O1)O[C@]12C(=CC4CC1C(C)(C)O[C@]2(C/C=C(/C)OC=O)C4=O)C3=O. The zero-order chi connectivity index (χ0) is 34.3. The Labute approximate surface area is 276 Å². The van der Waals surface area contributed by atoms with Crippen molar-refractivity contribution in [2.75, 3.05) is 0 Å². The molecule has 0 radical (unpaired) electrons. The molecule has 1 spiro atoms. The third-order valence-electron chi connectivity index (χ3n) is 10.8. The van der Waals surface area contributed by atoms with E-state index in [0.717, 1.165) is 12.0 Å². The van der Waals surface area contributed by atoms with Crippen LogP contribution < -0.4 is 9.47 Å². The van der Waals surface area contributed by atoms with Crippen molar-refractivity contribution in [3.8, 4) is 17.2 Å². The standard InChI is InChI=1S/C38H46O9/c1-20(2)10-9-14-36(8)18-26(40)28-31(42)29-30(41)25-16-23-17-27-35(6,7)47-37(34(23)43,15-13-22(5)44-19-39)38(25,27)46-33(29)24(32(28)45-36)12-11-21(3)4/h10-11,13,16,19,23,26-27,40,42H,9,12,14-15,17-18H2,1-8H3/b22-13-/t23?,26-,27?,36+,37+,38+/m0/s1. The quantitative estimate of drug-likeness (QED) is 0.171. The van der Waals surface area contributed by atoms with Crippen molar-refractivity contribution in [2.24, 2.45) is 11.8 Å². The molecule has 3 aliphatic carbocycles. The summed E-state index contributed by atoms with van der Waals surface area (Å²) in [5, 5.41) is 23.4. The van der Waals surface area contributed by atoms with Gasteiger partial charge in [0.15, 0.2) is 22.8 Å². The first-order chi connectivity index (χ1) is 22.0. The van der Waals surface area contributed by atoms with Crippen LogP contribution in [0.4, 0.5) is 0 Å². The Balaban J connectivity index is 1.59. The molecule has 252 valence electrons. The van der Waals surface area contributed by atoms with Crippen LogP contribution in [0.2, 0.25) is 0 Å². The maximum Gasteiger partial charge on any atom is 0.298 e. The molecule has 4 bridgehead atoms. The van der Waals surface area contributed by atoms with Crippen LogP contribution in [0.3, 0.4) is 0 Å². The second-order valence-corrected chi connectivity index (χ2v) is 15.1.